The number of Topliss-reactive ketones (excluding diaryl/α,β-unsaturated/α-hetero) is 1. The minimum atomic E-state index is -0.963. The van der Waals surface area contributed by atoms with E-state index in [0.717, 1.165) is 15.6 Å². The molecule has 2 heterocycles. The number of halogens is 1. The van der Waals surface area contributed by atoms with Crippen molar-refractivity contribution in [3.8, 4) is 11.5 Å². The predicted octanol–water partition coefficient (Wildman–Crippen LogP) is 4.22. The smallest absolute Gasteiger partial charge is 0.254 e. The molecule has 0 radical (unpaired) electrons. The molecule has 1 amide bonds. The van der Waals surface area contributed by atoms with Crippen LogP contribution in [0, 0.1) is 0 Å². The van der Waals surface area contributed by atoms with Gasteiger partial charge in [-0.15, -0.1) is 0 Å². The van der Waals surface area contributed by atoms with Gasteiger partial charge in [-0.25, -0.2) is 0 Å². The molecule has 0 N–H and O–H groups in total. The van der Waals surface area contributed by atoms with Crippen molar-refractivity contribution in [2.75, 3.05) is 19.9 Å². The number of benzene rings is 2. The molecule has 35 heavy (non-hydrogen) atoms. The highest BCUT2D eigenvalue weighted by Crippen LogP contribution is 2.38. The second-order valence-corrected chi connectivity index (χ2v) is 9.95. The van der Waals surface area contributed by atoms with Gasteiger partial charge < -0.3 is 28.6 Å². The third-order valence-electron chi connectivity index (χ3n) is 5.75. The van der Waals surface area contributed by atoms with Crippen LogP contribution < -0.4 is 9.47 Å². The molecular formula is C26H30BrNO7. The first-order valence-corrected chi connectivity index (χ1v) is 12.3. The Morgan fingerprint density at radius 2 is 1.83 bits per heavy atom. The maximum Gasteiger partial charge on any atom is 0.254 e. The topological polar surface area (TPSA) is 83.5 Å². The normalized spacial score (nSPS) is 20.1. The zero-order valence-corrected chi connectivity index (χ0v) is 21.7. The highest BCUT2D eigenvalue weighted by Gasteiger charge is 2.47. The van der Waals surface area contributed by atoms with Crippen LogP contribution >= 0.6 is 15.9 Å². The van der Waals surface area contributed by atoms with Crippen molar-refractivity contribution >= 4 is 27.6 Å². The Bertz CT molecular complexity index is 1060. The zero-order valence-electron chi connectivity index (χ0n) is 20.1. The van der Waals surface area contributed by atoms with E-state index in [0.29, 0.717) is 31.3 Å². The van der Waals surface area contributed by atoms with Crippen LogP contribution in [0.1, 0.15) is 38.3 Å². The maximum atomic E-state index is 13.7. The fourth-order valence-electron chi connectivity index (χ4n) is 4.15. The maximum absolute atomic E-state index is 13.7. The van der Waals surface area contributed by atoms with Gasteiger partial charge in [-0.2, -0.15) is 0 Å². The molecule has 2 aromatic carbocycles. The summed E-state index contributed by atoms with van der Waals surface area (Å²) in [5.74, 6) is 0.00226. The van der Waals surface area contributed by atoms with Crippen molar-refractivity contribution in [3.05, 3.63) is 58.1 Å². The molecule has 2 aliphatic rings. The summed E-state index contributed by atoms with van der Waals surface area (Å²) >= 11 is 3.58. The Labute approximate surface area is 213 Å². The van der Waals surface area contributed by atoms with Gasteiger partial charge in [0.15, 0.2) is 23.4 Å². The molecule has 0 aliphatic carbocycles. The molecule has 0 aromatic heterocycles. The highest BCUT2D eigenvalue weighted by atomic mass is 79.9. The molecule has 1 saturated heterocycles. The number of amides is 1. The first kappa shape index (κ1) is 25.6. The number of nitrogens with zero attached hydrogens (tertiary/aromatic N) is 1. The Balaban J connectivity index is 1.51. The van der Waals surface area contributed by atoms with Crippen LogP contribution in [-0.2, 0) is 37.0 Å². The van der Waals surface area contributed by atoms with E-state index in [9.17, 15) is 9.59 Å². The Hall–Kier alpha value is -2.46. The highest BCUT2D eigenvalue weighted by molar-refractivity contribution is 9.10. The number of rotatable bonds is 10. The van der Waals surface area contributed by atoms with Crippen molar-refractivity contribution in [2.45, 2.75) is 58.3 Å². The summed E-state index contributed by atoms with van der Waals surface area (Å²) in [5, 5.41) is 0. The van der Waals surface area contributed by atoms with E-state index >= 15 is 0 Å². The molecule has 0 unspecified atom stereocenters. The van der Waals surface area contributed by atoms with Crippen LogP contribution in [0.4, 0.5) is 0 Å². The Kier molecular flexibility index (Phi) is 8.11. The second kappa shape index (κ2) is 11.1. The van der Waals surface area contributed by atoms with Crippen molar-refractivity contribution in [1.82, 2.24) is 4.90 Å². The summed E-state index contributed by atoms with van der Waals surface area (Å²) in [5.41, 5.74) is 1.91. The summed E-state index contributed by atoms with van der Waals surface area (Å²) in [6, 6.07) is 13.6. The van der Waals surface area contributed by atoms with Gasteiger partial charge in [-0.1, -0.05) is 46.3 Å². The Morgan fingerprint density at radius 3 is 2.54 bits per heavy atom. The summed E-state index contributed by atoms with van der Waals surface area (Å²) in [4.78, 5) is 27.2. The Morgan fingerprint density at radius 1 is 1.11 bits per heavy atom. The molecule has 9 heteroatoms. The van der Waals surface area contributed by atoms with Crippen molar-refractivity contribution in [2.24, 2.45) is 0 Å². The van der Waals surface area contributed by atoms with E-state index in [2.05, 4.69) is 15.9 Å². The number of carbonyl (C=O) groups excluding carboxylic acids is 2. The van der Waals surface area contributed by atoms with E-state index in [1.807, 2.05) is 42.5 Å². The number of fused-ring (bicyclic) bond motifs is 1. The standard InChI is InChI=1S/C26H30BrNO7/c1-17(29)11-23-24(35-26(2,3)34-23)25(30)28(9-10-31-15-18-7-5-4-6-8-18)14-19-12-21-22(13-20(19)27)33-16-32-21/h4-8,12-13,23-24H,9-11,14-16H2,1-3H3/t23-,24+/m1/s1. The largest absolute Gasteiger partial charge is 0.454 e. The molecule has 2 aromatic rings. The lowest BCUT2D eigenvalue weighted by molar-refractivity contribution is -0.162. The summed E-state index contributed by atoms with van der Waals surface area (Å²) in [7, 11) is 0. The molecule has 8 nitrogen and oxygen atoms in total. The lowest BCUT2D eigenvalue weighted by atomic mass is 10.1. The second-order valence-electron chi connectivity index (χ2n) is 9.10. The minimum absolute atomic E-state index is 0.0645. The van der Waals surface area contributed by atoms with Gasteiger partial charge in [0.25, 0.3) is 5.91 Å². The molecule has 2 aliphatic heterocycles. The molecule has 2 atom stereocenters. The first-order chi connectivity index (χ1) is 16.7. The van der Waals surface area contributed by atoms with Gasteiger partial charge in [-0.05, 0) is 44.0 Å². The molecule has 0 spiro atoms. The van der Waals surface area contributed by atoms with Gasteiger partial charge in [-0.3, -0.25) is 9.59 Å². The van der Waals surface area contributed by atoms with Gasteiger partial charge in [0.1, 0.15) is 11.9 Å². The van der Waals surface area contributed by atoms with Crippen molar-refractivity contribution in [1.29, 1.82) is 0 Å². The fourth-order valence-corrected chi connectivity index (χ4v) is 4.60. The van der Waals surface area contributed by atoms with Gasteiger partial charge in [0.05, 0.1) is 13.2 Å². The first-order valence-electron chi connectivity index (χ1n) is 11.6. The van der Waals surface area contributed by atoms with E-state index in [4.69, 9.17) is 23.7 Å². The number of hydrogen-bond acceptors (Lipinski definition) is 7. The third-order valence-corrected chi connectivity index (χ3v) is 6.49. The van der Waals surface area contributed by atoms with Crippen LogP contribution in [0.15, 0.2) is 46.9 Å². The predicted molar refractivity (Wildman–Crippen MR) is 131 cm³/mol. The average molecular weight is 548 g/mol. The SMILES string of the molecule is CC(=O)C[C@H]1OC(C)(C)O[C@@H]1C(=O)N(CCOCc1ccccc1)Cc1cc2c(cc1Br)OCO2. The lowest BCUT2D eigenvalue weighted by Gasteiger charge is -2.27. The molecule has 188 valence electrons. The van der Waals surface area contributed by atoms with E-state index < -0.39 is 18.0 Å². The van der Waals surface area contributed by atoms with Crippen LogP contribution in [0.3, 0.4) is 0 Å². The number of hydrogen-bond donors (Lipinski definition) is 0. The van der Waals surface area contributed by atoms with E-state index in [1.54, 1.807) is 18.7 Å². The number of ketones is 1. The summed E-state index contributed by atoms with van der Waals surface area (Å²) in [6.45, 7) is 6.53. The lowest BCUT2D eigenvalue weighted by Crippen LogP contribution is -2.45. The van der Waals surface area contributed by atoms with Crippen molar-refractivity contribution in [3.63, 3.8) is 0 Å². The van der Waals surface area contributed by atoms with E-state index in [-0.39, 0.29) is 31.4 Å². The van der Waals surface area contributed by atoms with Crippen LogP contribution in [0.2, 0.25) is 0 Å². The molecule has 1 fully saturated rings. The zero-order chi connectivity index (χ0) is 25.0. The fraction of sp³-hybridized carbons (Fsp3) is 0.462. The summed E-state index contributed by atoms with van der Waals surface area (Å²) in [6.07, 6.45) is -1.44. The summed E-state index contributed by atoms with van der Waals surface area (Å²) < 4.78 is 29.5. The third kappa shape index (κ3) is 6.61. The molecule has 4 rings (SSSR count). The van der Waals surface area contributed by atoms with Crippen molar-refractivity contribution < 1.29 is 33.3 Å². The van der Waals surface area contributed by atoms with Crippen LogP contribution in [0.25, 0.3) is 0 Å². The minimum Gasteiger partial charge on any atom is -0.454 e. The van der Waals surface area contributed by atoms with Gasteiger partial charge >= 0.3 is 0 Å². The number of carbonyl (C=O) groups is 2. The van der Waals surface area contributed by atoms with Crippen LogP contribution in [0.5, 0.6) is 11.5 Å². The van der Waals surface area contributed by atoms with Gasteiger partial charge in [0, 0.05) is 24.0 Å². The molecule has 0 bridgehead atoms. The molecular weight excluding hydrogens is 518 g/mol. The number of ether oxygens (including phenoxy) is 5. The van der Waals surface area contributed by atoms with Crippen LogP contribution in [-0.4, -0.2) is 54.5 Å². The van der Waals surface area contributed by atoms with Gasteiger partial charge in [0.2, 0.25) is 6.79 Å². The monoisotopic (exact) mass is 547 g/mol. The average Bonchev–Trinajstić information content (AvgIpc) is 3.38. The quantitative estimate of drug-likeness (QED) is 0.411. The van der Waals surface area contributed by atoms with E-state index in [1.165, 1.54) is 6.92 Å². The molecule has 0 saturated carbocycles.